The molecule has 0 aliphatic rings. The molecule has 2 rings (SSSR count). The summed E-state index contributed by atoms with van der Waals surface area (Å²) in [5.74, 6) is 0. The fraction of sp³-hybridized carbons (Fsp3) is 0.0909. The van der Waals surface area contributed by atoms with Crippen LogP contribution in [0.3, 0.4) is 0 Å². The monoisotopic (exact) mass is 286 g/mol. The fourth-order valence-corrected chi connectivity index (χ4v) is 2.44. The third kappa shape index (κ3) is 3.95. The summed E-state index contributed by atoms with van der Waals surface area (Å²) in [4.78, 5) is 0. The largest absolute Gasteiger partial charge is 0.0990 e. The molecular weight excluding hydrogens is 264 g/mol. The van der Waals surface area contributed by atoms with Crippen molar-refractivity contribution in [2.24, 2.45) is 0 Å². The molecule has 0 nitrogen and oxygen atoms in total. The molecule has 0 heteroatoms. The summed E-state index contributed by atoms with van der Waals surface area (Å²) in [6.07, 6.45) is 14.4. The molecule has 0 bridgehead atoms. The molecule has 0 radical (unpaired) electrons. The number of allylic oxidation sites excluding steroid dienone is 8. The van der Waals surface area contributed by atoms with Gasteiger partial charge in [-0.25, -0.2) is 0 Å². The van der Waals surface area contributed by atoms with Gasteiger partial charge in [-0.3, -0.25) is 0 Å². The summed E-state index contributed by atoms with van der Waals surface area (Å²) in [7, 11) is 0. The minimum Gasteiger partial charge on any atom is -0.0990 e. The van der Waals surface area contributed by atoms with E-state index in [1.165, 1.54) is 21.9 Å². The molecule has 0 aliphatic heterocycles. The van der Waals surface area contributed by atoms with E-state index in [0.717, 1.165) is 5.57 Å². The average molecular weight is 286 g/mol. The molecule has 0 atom stereocenters. The summed E-state index contributed by atoms with van der Waals surface area (Å²) in [6, 6.07) is 15.0. The summed E-state index contributed by atoms with van der Waals surface area (Å²) in [5.41, 5.74) is 3.53. The molecular formula is C22H22. The standard InChI is InChI=1S/C22H22/c1-4-9-19(10-5-2)21(11-6-3)16-18-14-15-20-12-7-8-13-22(20)17-18/h4-17H,1H2,2-3H3/b10-5-,11-6-,19-9+,21-16+. The second-order valence-electron chi connectivity index (χ2n) is 5.06. The smallest absolute Gasteiger partial charge is 0.0178 e. The van der Waals surface area contributed by atoms with E-state index in [1.54, 1.807) is 0 Å². The van der Waals surface area contributed by atoms with Gasteiger partial charge in [0.15, 0.2) is 0 Å². The molecule has 0 aliphatic carbocycles. The maximum Gasteiger partial charge on any atom is -0.0178 e. The van der Waals surface area contributed by atoms with Crippen molar-refractivity contribution in [3.63, 3.8) is 0 Å². The zero-order valence-corrected chi connectivity index (χ0v) is 13.3. The highest BCUT2D eigenvalue weighted by molar-refractivity contribution is 5.85. The Labute approximate surface area is 133 Å². The minimum absolute atomic E-state index is 1.16. The van der Waals surface area contributed by atoms with Gasteiger partial charge in [0.05, 0.1) is 0 Å². The van der Waals surface area contributed by atoms with Crippen LogP contribution in [-0.4, -0.2) is 0 Å². The average Bonchev–Trinajstić information content (AvgIpc) is 2.54. The molecule has 22 heavy (non-hydrogen) atoms. The summed E-state index contributed by atoms with van der Waals surface area (Å²) in [6.45, 7) is 7.88. The van der Waals surface area contributed by atoms with Crippen LogP contribution in [0, 0.1) is 0 Å². The molecule has 0 saturated carbocycles. The van der Waals surface area contributed by atoms with Crippen molar-refractivity contribution >= 4 is 16.8 Å². The van der Waals surface area contributed by atoms with E-state index in [-0.39, 0.29) is 0 Å². The molecule has 0 amide bonds. The first kappa shape index (κ1) is 15.8. The van der Waals surface area contributed by atoms with Gasteiger partial charge in [0, 0.05) is 0 Å². The number of hydrogen-bond donors (Lipinski definition) is 0. The van der Waals surface area contributed by atoms with Crippen LogP contribution in [0.5, 0.6) is 0 Å². The van der Waals surface area contributed by atoms with E-state index in [1.807, 2.05) is 32.1 Å². The van der Waals surface area contributed by atoms with E-state index >= 15 is 0 Å². The van der Waals surface area contributed by atoms with Crippen molar-refractivity contribution in [2.75, 3.05) is 0 Å². The molecule has 0 unspecified atom stereocenters. The first-order chi connectivity index (χ1) is 10.8. The van der Waals surface area contributed by atoms with Gasteiger partial charge in [-0.05, 0) is 53.5 Å². The Bertz CT molecular complexity index is 767. The number of hydrogen-bond acceptors (Lipinski definition) is 0. The van der Waals surface area contributed by atoms with Gasteiger partial charge in [-0.1, -0.05) is 79.4 Å². The van der Waals surface area contributed by atoms with Crippen LogP contribution in [0.2, 0.25) is 0 Å². The third-order valence-corrected chi connectivity index (χ3v) is 3.42. The van der Waals surface area contributed by atoms with Gasteiger partial charge in [0.1, 0.15) is 0 Å². The Kier molecular flexibility index (Phi) is 5.73. The van der Waals surface area contributed by atoms with Gasteiger partial charge >= 0.3 is 0 Å². The lowest BCUT2D eigenvalue weighted by Gasteiger charge is -2.05. The molecule has 2 aromatic rings. The Morgan fingerprint density at radius 1 is 0.864 bits per heavy atom. The van der Waals surface area contributed by atoms with Gasteiger partial charge in [-0.15, -0.1) is 0 Å². The fourth-order valence-electron chi connectivity index (χ4n) is 2.44. The van der Waals surface area contributed by atoms with E-state index in [4.69, 9.17) is 0 Å². The van der Waals surface area contributed by atoms with Crippen LogP contribution in [0.15, 0.2) is 96.6 Å². The first-order valence-electron chi connectivity index (χ1n) is 7.57. The minimum atomic E-state index is 1.16. The predicted molar refractivity (Wildman–Crippen MR) is 99.8 cm³/mol. The van der Waals surface area contributed by atoms with Crippen molar-refractivity contribution in [3.8, 4) is 0 Å². The summed E-state index contributed by atoms with van der Waals surface area (Å²) in [5, 5.41) is 2.53. The Balaban J connectivity index is 2.51. The topological polar surface area (TPSA) is 0 Å². The normalized spacial score (nSPS) is 13.4. The molecule has 2 aromatic carbocycles. The van der Waals surface area contributed by atoms with Crippen molar-refractivity contribution in [2.45, 2.75) is 13.8 Å². The Hall–Kier alpha value is -2.60. The van der Waals surface area contributed by atoms with Crippen LogP contribution in [-0.2, 0) is 0 Å². The van der Waals surface area contributed by atoms with E-state index in [2.05, 4.69) is 73.3 Å². The van der Waals surface area contributed by atoms with Crippen LogP contribution in [0.1, 0.15) is 19.4 Å². The predicted octanol–water partition coefficient (Wildman–Crippen LogP) is 6.49. The molecule has 0 fully saturated rings. The van der Waals surface area contributed by atoms with E-state index < -0.39 is 0 Å². The SMILES string of the molecule is C=C/C=C(\C=C/C)C(/C=C\C)=C/c1ccc2ccccc2c1. The number of benzene rings is 2. The van der Waals surface area contributed by atoms with E-state index in [9.17, 15) is 0 Å². The van der Waals surface area contributed by atoms with Gasteiger partial charge < -0.3 is 0 Å². The lowest BCUT2D eigenvalue weighted by atomic mass is 9.99. The van der Waals surface area contributed by atoms with Crippen LogP contribution in [0.4, 0.5) is 0 Å². The zero-order valence-electron chi connectivity index (χ0n) is 13.3. The first-order valence-corrected chi connectivity index (χ1v) is 7.57. The van der Waals surface area contributed by atoms with Gasteiger partial charge in [-0.2, -0.15) is 0 Å². The number of fused-ring (bicyclic) bond motifs is 1. The van der Waals surface area contributed by atoms with Gasteiger partial charge in [0.2, 0.25) is 0 Å². The Morgan fingerprint density at radius 3 is 2.23 bits per heavy atom. The highest BCUT2D eigenvalue weighted by atomic mass is 14.0. The van der Waals surface area contributed by atoms with Crippen LogP contribution >= 0.6 is 0 Å². The van der Waals surface area contributed by atoms with Gasteiger partial charge in [0.25, 0.3) is 0 Å². The summed E-state index contributed by atoms with van der Waals surface area (Å²) >= 11 is 0. The molecule has 0 heterocycles. The zero-order chi connectivity index (χ0) is 15.8. The van der Waals surface area contributed by atoms with Crippen molar-refractivity contribution in [1.29, 1.82) is 0 Å². The van der Waals surface area contributed by atoms with Crippen molar-refractivity contribution in [1.82, 2.24) is 0 Å². The second kappa shape index (κ2) is 7.99. The third-order valence-electron chi connectivity index (χ3n) is 3.42. The van der Waals surface area contributed by atoms with Crippen LogP contribution < -0.4 is 0 Å². The summed E-state index contributed by atoms with van der Waals surface area (Å²) < 4.78 is 0. The van der Waals surface area contributed by atoms with Crippen molar-refractivity contribution < 1.29 is 0 Å². The number of rotatable bonds is 5. The molecule has 0 saturated heterocycles. The lowest BCUT2D eigenvalue weighted by molar-refractivity contribution is 1.52. The quantitative estimate of drug-likeness (QED) is 0.551. The van der Waals surface area contributed by atoms with E-state index in [0.29, 0.717) is 0 Å². The van der Waals surface area contributed by atoms with Crippen LogP contribution in [0.25, 0.3) is 16.8 Å². The maximum absolute atomic E-state index is 3.81. The highest BCUT2D eigenvalue weighted by Crippen LogP contribution is 2.21. The van der Waals surface area contributed by atoms with Crippen molar-refractivity contribution in [3.05, 3.63) is 102 Å². The molecule has 110 valence electrons. The molecule has 0 N–H and O–H groups in total. The molecule has 0 spiro atoms. The highest BCUT2D eigenvalue weighted by Gasteiger charge is 2.00. The molecule has 0 aromatic heterocycles. The Morgan fingerprint density at radius 2 is 1.55 bits per heavy atom. The lowest BCUT2D eigenvalue weighted by Crippen LogP contribution is -1.84. The maximum atomic E-state index is 3.81. The second-order valence-corrected chi connectivity index (χ2v) is 5.06.